The molecule has 0 amide bonds. The fraction of sp³-hybridized carbons (Fsp3) is 0.647. The summed E-state index contributed by atoms with van der Waals surface area (Å²) in [6, 6.07) is 9.33. The zero-order valence-electron chi connectivity index (χ0n) is 12.8. The maximum atomic E-state index is 3.59. The van der Waals surface area contributed by atoms with Gasteiger partial charge in [-0.25, -0.2) is 0 Å². The minimum atomic E-state index is 0.472. The van der Waals surface area contributed by atoms with Crippen LogP contribution >= 0.6 is 0 Å². The highest BCUT2D eigenvalue weighted by molar-refractivity contribution is 5.54. The van der Waals surface area contributed by atoms with Gasteiger partial charge in [0.2, 0.25) is 0 Å². The largest absolute Gasteiger partial charge is 0.374 e. The molecule has 1 aliphatic rings. The van der Waals surface area contributed by atoms with Gasteiger partial charge in [0.25, 0.3) is 0 Å². The summed E-state index contributed by atoms with van der Waals surface area (Å²) < 4.78 is 0. The summed E-state index contributed by atoms with van der Waals surface area (Å²) in [7, 11) is 2.24. The van der Waals surface area contributed by atoms with Crippen molar-refractivity contribution in [3.05, 3.63) is 29.8 Å². The number of para-hydroxylation sites is 1. The van der Waals surface area contributed by atoms with E-state index in [9.17, 15) is 0 Å². The highest BCUT2D eigenvalue weighted by atomic mass is 15.1. The number of anilines is 1. The van der Waals surface area contributed by atoms with E-state index >= 15 is 0 Å². The molecular weight excluding hydrogens is 232 g/mol. The quantitative estimate of drug-likeness (QED) is 0.801. The van der Waals surface area contributed by atoms with Crippen LogP contribution in [0.4, 0.5) is 5.69 Å². The van der Waals surface area contributed by atoms with E-state index in [0.717, 1.165) is 24.8 Å². The molecule has 2 nitrogen and oxygen atoms in total. The molecule has 3 unspecified atom stereocenters. The predicted molar refractivity (Wildman–Crippen MR) is 83.7 cm³/mol. The Morgan fingerprint density at radius 3 is 2.58 bits per heavy atom. The van der Waals surface area contributed by atoms with Crippen molar-refractivity contribution >= 4 is 5.69 Å². The Bertz CT molecular complexity index is 402. The molecule has 106 valence electrons. The molecule has 0 radical (unpaired) electrons. The van der Waals surface area contributed by atoms with E-state index in [-0.39, 0.29) is 0 Å². The molecule has 1 aromatic carbocycles. The van der Waals surface area contributed by atoms with Crippen molar-refractivity contribution in [1.29, 1.82) is 0 Å². The van der Waals surface area contributed by atoms with Gasteiger partial charge in [-0.15, -0.1) is 0 Å². The first-order valence-electron chi connectivity index (χ1n) is 7.70. The number of hydrogen-bond acceptors (Lipinski definition) is 2. The number of nitrogens with zero attached hydrogens (tertiary/aromatic N) is 1. The summed E-state index contributed by atoms with van der Waals surface area (Å²) in [5.41, 5.74) is 2.84. The second-order valence-corrected chi connectivity index (χ2v) is 5.93. The first-order valence-corrected chi connectivity index (χ1v) is 7.70. The third kappa shape index (κ3) is 3.50. The van der Waals surface area contributed by atoms with Gasteiger partial charge in [0.15, 0.2) is 0 Å². The summed E-state index contributed by atoms with van der Waals surface area (Å²) in [5, 5.41) is 3.59. The molecule has 0 saturated heterocycles. The van der Waals surface area contributed by atoms with Crippen molar-refractivity contribution < 1.29 is 0 Å². The van der Waals surface area contributed by atoms with Crippen LogP contribution in [0.1, 0.15) is 45.2 Å². The second-order valence-electron chi connectivity index (χ2n) is 5.93. The SMILES string of the molecule is CCNC(CC)c1ccccc1N(C)CC1CC1C. The van der Waals surface area contributed by atoms with Crippen LogP contribution in [-0.4, -0.2) is 20.1 Å². The molecule has 1 saturated carbocycles. The molecule has 1 N–H and O–H groups in total. The number of rotatable bonds is 7. The van der Waals surface area contributed by atoms with E-state index in [1.807, 2.05) is 0 Å². The first-order chi connectivity index (χ1) is 9.17. The van der Waals surface area contributed by atoms with Crippen LogP contribution in [0.5, 0.6) is 0 Å². The fourth-order valence-electron chi connectivity index (χ4n) is 2.95. The highest BCUT2D eigenvalue weighted by Crippen LogP contribution is 2.39. The van der Waals surface area contributed by atoms with Gasteiger partial charge < -0.3 is 10.2 Å². The average Bonchev–Trinajstić information content (AvgIpc) is 3.11. The summed E-state index contributed by atoms with van der Waals surface area (Å²) in [6.45, 7) is 9.02. The Kier molecular flexibility index (Phi) is 4.87. The van der Waals surface area contributed by atoms with Gasteiger partial charge in [0, 0.05) is 25.3 Å². The van der Waals surface area contributed by atoms with Crippen LogP contribution in [0, 0.1) is 11.8 Å². The van der Waals surface area contributed by atoms with Crippen LogP contribution in [0.25, 0.3) is 0 Å². The lowest BCUT2D eigenvalue weighted by Crippen LogP contribution is -2.26. The molecule has 2 rings (SSSR count). The van der Waals surface area contributed by atoms with Crippen molar-refractivity contribution in [3.8, 4) is 0 Å². The minimum absolute atomic E-state index is 0.472. The van der Waals surface area contributed by atoms with Gasteiger partial charge in [-0.05, 0) is 42.9 Å². The first kappa shape index (κ1) is 14.4. The van der Waals surface area contributed by atoms with Gasteiger partial charge in [-0.1, -0.05) is 39.0 Å². The van der Waals surface area contributed by atoms with Crippen molar-refractivity contribution in [1.82, 2.24) is 5.32 Å². The summed E-state index contributed by atoms with van der Waals surface area (Å²) in [6.07, 6.45) is 2.54. The lowest BCUT2D eigenvalue weighted by molar-refractivity contribution is 0.536. The number of nitrogens with one attached hydrogen (secondary N) is 1. The van der Waals surface area contributed by atoms with Crippen LogP contribution in [0.2, 0.25) is 0 Å². The van der Waals surface area contributed by atoms with E-state index in [1.54, 1.807) is 0 Å². The van der Waals surface area contributed by atoms with Crippen molar-refractivity contribution in [2.24, 2.45) is 11.8 Å². The monoisotopic (exact) mass is 260 g/mol. The van der Waals surface area contributed by atoms with Crippen LogP contribution < -0.4 is 10.2 Å². The molecule has 0 aromatic heterocycles. The Balaban J connectivity index is 2.14. The lowest BCUT2D eigenvalue weighted by Gasteiger charge is -2.26. The smallest absolute Gasteiger partial charge is 0.0412 e. The summed E-state index contributed by atoms with van der Waals surface area (Å²) in [5.74, 6) is 1.82. The van der Waals surface area contributed by atoms with Gasteiger partial charge in [-0.3, -0.25) is 0 Å². The normalized spacial score (nSPS) is 23.2. The fourth-order valence-corrected chi connectivity index (χ4v) is 2.95. The molecule has 0 heterocycles. The standard InChI is InChI=1S/C17H28N2/c1-5-16(18-6-2)15-9-7-8-10-17(15)19(4)12-14-11-13(14)3/h7-10,13-14,16,18H,5-6,11-12H2,1-4H3. The topological polar surface area (TPSA) is 15.3 Å². The van der Waals surface area contributed by atoms with E-state index in [2.05, 4.69) is 62.3 Å². The van der Waals surface area contributed by atoms with Crippen LogP contribution in [0.15, 0.2) is 24.3 Å². The van der Waals surface area contributed by atoms with Crippen LogP contribution in [-0.2, 0) is 0 Å². The Hall–Kier alpha value is -1.02. The van der Waals surface area contributed by atoms with Crippen molar-refractivity contribution in [2.45, 2.75) is 39.7 Å². The molecular formula is C17H28N2. The molecule has 1 aliphatic carbocycles. The lowest BCUT2D eigenvalue weighted by atomic mass is 10.0. The molecule has 1 aromatic rings. The Labute approximate surface area is 118 Å². The second kappa shape index (κ2) is 6.42. The predicted octanol–water partition coefficient (Wildman–Crippen LogP) is 3.84. The maximum absolute atomic E-state index is 3.59. The molecule has 3 atom stereocenters. The molecule has 1 fully saturated rings. The minimum Gasteiger partial charge on any atom is -0.374 e. The summed E-state index contributed by atoms with van der Waals surface area (Å²) in [4.78, 5) is 2.45. The van der Waals surface area contributed by atoms with Crippen molar-refractivity contribution in [2.75, 3.05) is 25.0 Å². The highest BCUT2D eigenvalue weighted by Gasteiger charge is 2.33. The van der Waals surface area contributed by atoms with Gasteiger partial charge >= 0.3 is 0 Å². The Morgan fingerprint density at radius 2 is 2.00 bits per heavy atom. The van der Waals surface area contributed by atoms with E-state index < -0.39 is 0 Å². The van der Waals surface area contributed by atoms with Crippen molar-refractivity contribution in [3.63, 3.8) is 0 Å². The van der Waals surface area contributed by atoms with E-state index in [4.69, 9.17) is 0 Å². The molecule has 19 heavy (non-hydrogen) atoms. The average molecular weight is 260 g/mol. The third-order valence-corrected chi connectivity index (χ3v) is 4.37. The molecule has 2 heteroatoms. The Morgan fingerprint density at radius 1 is 1.32 bits per heavy atom. The molecule has 0 aliphatic heterocycles. The van der Waals surface area contributed by atoms with E-state index in [1.165, 1.54) is 24.2 Å². The van der Waals surface area contributed by atoms with Gasteiger partial charge in [0.05, 0.1) is 0 Å². The van der Waals surface area contributed by atoms with Gasteiger partial charge in [0.1, 0.15) is 0 Å². The maximum Gasteiger partial charge on any atom is 0.0412 e. The van der Waals surface area contributed by atoms with Gasteiger partial charge in [-0.2, -0.15) is 0 Å². The third-order valence-electron chi connectivity index (χ3n) is 4.37. The molecule has 0 bridgehead atoms. The summed E-state index contributed by atoms with van der Waals surface area (Å²) >= 11 is 0. The zero-order chi connectivity index (χ0) is 13.8. The molecule has 0 spiro atoms. The zero-order valence-corrected chi connectivity index (χ0v) is 12.8. The number of benzene rings is 1. The number of hydrogen-bond donors (Lipinski definition) is 1. The van der Waals surface area contributed by atoms with E-state index in [0.29, 0.717) is 6.04 Å². The van der Waals surface area contributed by atoms with Crippen LogP contribution in [0.3, 0.4) is 0 Å².